The highest BCUT2D eigenvalue weighted by atomic mass is 19.4. The molecule has 1 aliphatic heterocycles. The van der Waals surface area contributed by atoms with Gasteiger partial charge >= 0.3 is 6.18 Å². The molecule has 7 aromatic carbocycles. The fourth-order valence-corrected chi connectivity index (χ4v) is 9.97. The number of halogens is 3. The number of aromatic nitrogens is 1. The highest BCUT2D eigenvalue weighted by molar-refractivity contribution is 6.16. The van der Waals surface area contributed by atoms with Gasteiger partial charge < -0.3 is 9.88 Å². The first kappa shape index (κ1) is 41.5. The molecular weight excluding hydrogens is 810 g/mol. The topological polar surface area (TPSA) is 41.7 Å². The molecule has 0 bridgehead atoms. The van der Waals surface area contributed by atoms with Gasteiger partial charge in [0, 0.05) is 32.8 Å². The highest BCUT2D eigenvalue weighted by Crippen LogP contribution is 2.40. The Balaban J connectivity index is 1.27. The second kappa shape index (κ2) is 16.2. The molecule has 0 saturated carbocycles. The van der Waals surface area contributed by atoms with Crippen LogP contribution in [-0.2, 0) is 0 Å². The molecular formula is C58H47F3N4. The number of hydrogen-bond donors (Lipinski definition) is 1. The van der Waals surface area contributed by atoms with E-state index in [1.807, 2.05) is 66.7 Å². The van der Waals surface area contributed by atoms with E-state index in [1.54, 1.807) is 6.08 Å². The molecule has 0 fully saturated rings. The molecule has 1 N–H and O–H groups in total. The molecule has 0 spiro atoms. The van der Waals surface area contributed by atoms with E-state index in [0.717, 1.165) is 65.8 Å². The number of hydrogen-bond acceptors (Lipinski definition) is 3. The van der Waals surface area contributed by atoms with Crippen LogP contribution in [0.5, 0.6) is 0 Å². The predicted octanol–water partition coefficient (Wildman–Crippen LogP) is 13.1. The van der Waals surface area contributed by atoms with Gasteiger partial charge in [0.2, 0.25) is 0 Å². The van der Waals surface area contributed by atoms with Crippen molar-refractivity contribution >= 4 is 44.9 Å². The van der Waals surface area contributed by atoms with Crippen LogP contribution >= 0.6 is 0 Å². The SMILES string of the molecule is Cc1cc(C)c(-c2ccc3c(c2)c2cc(-c4c(C)cc(C)cc4C)ccc2n3-c2ccc(=C3C=CC(C(F)(F)F)=CC3)c(=C3N=C(c4ccccc4)N=C(c4ccccc4)N3)c2)c(C)c1. The van der Waals surface area contributed by atoms with Crippen LogP contribution in [0.15, 0.2) is 173 Å². The average molecular weight is 857 g/mol. The maximum atomic E-state index is 13.9. The fourth-order valence-electron chi connectivity index (χ4n) is 9.97. The minimum atomic E-state index is -4.44. The molecule has 0 saturated heterocycles. The fraction of sp³-hybridized carbons (Fsp3) is 0.138. The molecule has 7 heteroatoms. The summed E-state index contributed by atoms with van der Waals surface area (Å²) in [6.07, 6.45) is -0.308. The summed E-state index contributed by atoms with van der Waals surface area (Å²) in [5.41, 5.74) is 16.9. The molecule has 1 aliphatic carbocycles. The Labute approximate surface area is 376 Å². The molecule has 65 heavy (non-hydrogen) atoms. The van der Waals surface area contributed by atoms with Gasteiger partial charge in [0.1, 0.15) is 11.7 Å². The van der Waals surface area contributed by atoms with E-state index in [9.17, 15) is 13.2 Å². The van der Waals surface area contributed by atoms with E-state index in [2.05, 4.69) is 124 Å². The molecule has 4 nitrogen and oxygen atoms in total. The standard InChI is InChI=1S/C58H47F3N4/c1-34-27-36(3)53(37(4)28-34)43-19-25-51-48(31-43)49-32-44(54-38(5)29-35(2)30-39(54)6)20-26-52(49)65(51)46-23-24-47(40-17-21-45(22-18-40)58(59,60)61)50(33-46)57-63-55(41-13-9-7-10-14-41)62-56(64-57)42-15-11-8-12-16-42/h7-17,19-33H,18H2,1-6H3,(H,62,63,64). The molecule has 8 aromatic rings. The van der Waals surface area contributed by atoms with Crippen LogP contribution in [0.1, 0.15) is 50.9 Å². The van der Waals surface area contributed by atoms with E-state index in [4.69, 9.17) is 9.98 Å². The first-order valence-corrected chi connectivity index (χ1v) is 21.9. The number of aliphatic imine (C=N–C) groups is 2. The van der Waals surface area contributed by atoms with E-state index < -0.39 is 11.7 Å². The number of rotatable bonds is 5. The number of alkyl halides is 3. The van der Waals surface area contributed by atoms with E-state index >= 15 is 0 Å². The Kier molecular flexibility index (Phi) is 10.4. The molecule has 2 heterocycles. The molecule has 0 radical (unpaired) electrons. The predicted molar refractivity (Wildman–Crippen MR) is 263 cm³/mol. The number of fused-ring (bicyclic) bond motifs is 3. The Morgan fingerprint density at radius 1 is 0.523 bits per heavy atom. The first-order chi connectivity index (χ1) is 31.3. The molecule has 0 atom stereocenters. The molecule has 10 rings (SSSR count). The summed E-state index contributed by atoms with van der Waals surface area (Å²) in [6.45, 7) is 13.0. The Morgan fingerprint density at radius 2 is 1.06 bits per heavy atom. The maximum absolute atomic E-state index is 13.9. The normalized spacial score (nSPS) is 15.8. The smallest absolute Gasteiger partial charge is 0.324 e. The average Bonchev–Trinajstić information content (AvgIpc) is 3.61. The van der Waals surface area contributed by atoms with Gasteiger partial charge in [-0.1, -0.05) is 132 Å². The summed E-state index contributed by atoms with van der Waals surface area (Å²) in [4.78, 5) is 10.2. The molecule has 0 unspecified atom stereocenters. The van der Waals surface area contributed by atoms with Crippen LogP contribution < -0.4 is 15.8 Å². The lowest BCUT2D eigenvalue weighted by atomic mass is 9.91. The maximum Gasteiger partial charge on any atom is 0.416 e. The van der Waals surface area contributed by atoms with Gasteiger partial charge in [-0.25, -0.2) is 9.98 Å². The zero-order valence-corrected chi connectivity index (χ0v) is 37.2. The van der Waals surface area contributed by atoms with E-state index in [-0.39, 0.29) is 6.42 Å². The van der Waals surface area contributed by atoms with E-state index in [1.165, 1.54) is 56.7 Å². The van der Waals surface area contributed by atoms with Gasteiger partial charge in [-0.2, -0.15) is 13.2 Å². The first-order valence-electron chi connectivity index (χ1n) is 21.9. The lowest BCUT2D eigenvalue weighted by Gasteiger charge is -2.19. The van der Waals surface area contributed by atoms with Crippen molar-refractivity contribution in [3.63, 3.8) is 0 Å². The summed E-state index contributed by atoms with van der Waals surface area (Å²) in [6, 6.07) is 48.5. The number of benzene rings is 7. The Bertz CT molecular complexity index is 3350. The largest absolute Gasteiger partial charge is 0.416 e. The zero-order valence-electron chi connectivity index (χ0n) is 37.2. The summed E-state index contributed by atoms with van der Waals surface area (Å²) in [7, 11) is 0. The van der Waals surface area contributed by atoms with Crippen LogP contribution in [-0.4, -0.2) is 22.4 Å². The van der Waals surface area contributed by atoms with Crippen LogP contribution in [0.25, 0.3) is 61.1 Å². The zero-order chi connectivity index (χ0) is 45.1. The van der Waals surface area contributed by atoms with E-state index in [0.29, 0.717) is 17.5 Å². The minimum Gasteiger partial charge on any atom is -0.324 e. The number of aryl methyl sites for hydroxylation is 6. The number of allylic oxidation sites excluding steroid dienone is 4. The summed E-state index contributed by atoms with van der Waals surface area (Å²) in [5.74, 6) is 1.69. The van der Waals surface area contributed by atoms with Crippen molar-refractivity contribution in [1.82, 2.24) is 9.88 Å². The van der Waals surface area contributed by atoms with Crippen molar-refractivity contribution in [2.45, 2.75) is 54.1 Å². The summed E-state index contributed by atoms with van der Waals surface area (Å²) >= 11 is 0. The van der Waals surface area contributed by atoms with Crippen molar-refractivity contribution in [1.29, 1.82) is 0 Å². The van der Waals surface area contributed by atoms with Gasteiger partial charge in [-0.05, 0) is 140 Å². The van der Waals surface area contributed by atoms with Gasteiger partial charge in [0.25, 0.3) is 0 Å². The Hall–Kier alpha value is -7.51. The summed E-state index contributed by atoms with van der Waals surface area (Å²) < 4.78 is 44.0. The summed E-state index contributed by atoms with van der Waals surface area (Å²) in [5, 5.41) is 7.31. The molecule has 1 aromatic heterocycles. The lowest BCUT2D eigenvalue weighted by Crippen LogP contribution is -2.38. The van der Waals surface area contributed by atoms with Gasteiger partial charge in [0.15, 0.2) is 5.84 Å². The molecule has 2 aliphatic rings. The molecule has 320 valence electrons. The number of amidine groups is 2. The quantitative estimate of drug-likeness (QED) is 0.184. The minimum absolute atomic E-state index is 0.108. The van der Waals surface area contributed by atoms with Crippen molar-refractivity contribution in [2.24, 2.45) is 9.98 Å². The third kappa shape index (κ3) is 7.71. The van der Waals surface area contributed by atoms with Crippen molar-refractivity contribution in [2.75, 3.05) is 0 Å². The monoisotopic (exact) mass is 856 g/mol. The van der Waals surface area contributed by atoms with Crippen LogP contribution in [0, 0.1) is 41.5 Å². The van der Waals surface area contributed by atoms with Crippen LogP contribution in [0.4, 0.5) is 13.2 Å². The number of nitrogens with zero attached hydrogens (tertiary/aromatic N) is 3. The number of nitrogens with one attached hydrogen (secondary N) is 1. The van der Waals surface area contributed by atoms with Crippen molar-refractivity contribution in [3.8, 4) is 27.9 Å². The third-order valence-corrected chi connectivity index (χ3v) is 12.6. The van der Waals surface area contributed by atoms with Gasteiger partial charge in [-0.3, -0.25) is 0 Å². The van der Waals surface area contributed by atoms with Crippen LogP contribution in [0.2, 0.25) is 0 Å². The lowest BCUT2D eigenvalue weighted by molar-refractivity contribution is -0.0884. The Morgan fingerprint density at radius 3 is 1.57 bits per heavy atom. The highest BCUT2D eigenvalue weighted by Gasteiger charge is 2.32. The van der Waals surface area contributed by atoms with Gasteiger partial charge in [-0.15, -0.1) is 0 Å². The molecule has 0 amide bonds. The third-order valence-electron chi connectivity index (χ3n) is 12.6. The van der Waals surface area contributed by atoms with Crippen molar-refractivity contribution < 1.29 is 13.2 Å². The second-order valence-electron chi connectivity index (χ2n) is 17.4. The van der Waals surface area contributed by atoms with Gasteiger partial charge in [0.05, 0.1) is 16.6 Å². The van der Waals surface area contributed by atoms with Crippen LogP contribution in [0.3, 0.4) is 0 Å². The van der Waals surface area contributed by atoms with Crippen molar-refractivity contribution in [3.05, 3.63) is 218 Å². The second-order valence-corrected chi connectivity index (χ2v) is 17.4.